The van der Waals surface area contributed by atoms with Gasteiger partial charge < -0.3 is 0 Å². The third kappa shape index (κ3) is 9.61. The van der Waals surface area contributed by atoms with E-state index in [1.54, 1.807) is 0 Å². The van der Waals surface area contributed by atoms with Crippen molar-refractivity contribution in [2.24, 2.45) is 0 Å². The van der Waals surface area contributed by atoms with Gasteiger partial charge in [-0.3, -0.25) is 0 Å². The molecular weight excluding hydrogens is 171 g/mol. The van der Waals surface area contributed by atoms with Gasteiger partial charge in [-0.15, -0.1) is 0 Å². The first-order valence-corrected chi connectivity index (χ1v) is 0. The van der Waals surface area contributed by atoms with Crippen LogP contribution >= 0.6 is 0 Å². The maximum atomic E-state index is 0. The Kier molecular flexibility index (Phi) is 93.2. The predicted octanol–water partition coefficient (Wildman–Crippen LogP) is -1.14. The molecule has 0 amide bonds. The van der Waals surface area contributed by atoms with Crippen LogP contribution in [-0.4, -0.2) is 113 Å². The zero-order valence-corrected chi connectivity index (χ0v) is 10.6. The van der Waals surface area contributed by atoms with E-state index >= 15 is 0 Å². The van der Waals surface area contributed by atoms with Crippen molar-refractivity contribution in [2.75, 3.05) is 0 Å². The van der Waals surface area contributed by atoms with Crippen molar-refractivity contribution in [3.8, 4) is 0 Å². The SMILES string of the molecule is [Ca].[Ca].[Ca].[V]. The van der Waals surface area contributed by atoms with Gasteiger partial charge in [-0.25, -0.2) is 0 Å². The van der Waals surface area contributed by atoms with E-state index in [2.05, 4.69) is 0 Å². The van der Waals surface area contributed by atoms with Crippen molar-refractivity contribution < 1.29 is 18.6 Å². The molecule has 0 aliphatic rings. The summed E-state index contributed by atoms with van der Waals surface area (Å²) in [5.74, 6) is 0. The molecule has 7 radical (unpaired) electrons. The van der Waals surface area contributed by atoms with Crippen LogP contribution in [-0.2, 0) is 18.6 Å². The third-order valence-electron chi connectivity index (χ3n) is 0. The van der Waals surface area contributed by atoms with Crippen LogP contribution < -0.4 is 0 Å². The molecule has 0 atom stereocenters. The molecule has 0 spiro atoms. The van der Waals surface area contributed by atoms with E-state index in [0.29, 0.717) is 0 Å². The standard InChI is InChI=1S/3Ca.V. The average molecular weight is 171 g/mol. The number of hydrogen-bond donors (Lipinski definition) is 0. The smallest absolute Gasteiger partial charge is 0 e. The van der Waals surface area contributed by atoms with Gasteiger partial charge in [-0.2, -0.15) is 0 Å². The quantitative estimate of drug-likeness (QED) is 0.404. The summed E-state index contributed by atoms with van der Waals surface area (Å²) in [7, 11) is 0. The minimum absolute atomic E-state index is 0. The van der Waals surface area contributed by atoms with Gasteiger partial charge in [-0.05, 0) is 0 Å². The second-order valence-electron chi connectivity index (χ2n) is 0. The van der Waals surface area contributed by atoms with Gasteiger partial charge in [0.05, 0.1) is 0 Å². The second-order valence-corrected chi connectivity index (χ2v) is 0. The van der Waals surface area contributed by atoms with Gasteiger partial charge >= 0.3 is 0 Å². The van der Waals surface area contributed by atoms with E-state index in [4.69, 9.17) is 0 Å². The summed E-state index contributed by atoms with van der Waals surface area (Å²) in [4.78, 5) is 0. The van der Waals surface area contributed by atoms with Crippen LogP contribution in [0.1, 0.15) is 0 Å². The maximum Gasteiger partial charge on any atom is 0 e. The van der Waals surface area contributed by atoms with Gasteiger partial charge in [0.25, 0.3) is 0 Å². The maximum absolute atomic E-state index is 0. The Morgan fingerprint density at radius 3 is 0.500 bits per heavy atom. The fraction of sp³-hybridized carbons (Fsp3) is 0. The minimum Gasteiger partial charge on any atom is 0 e. The molecule has 0 aromatic rings. The Bertz CT molecular complexity index is 3.25. The van der Waals surface area contributed by atoms with Crippen molar-refractivity contribution in [1.82, 2.24) is 0 Å². The summed E-state index contributed by atoms with van der Waals surface area (Å²) >= 11 is 0. The second kappa shape index (κ2) is 15.7. The van der Waals surface area contributed by atoms with E-state index in [1.807, 2.05) is 0 Å². The van der Waals surface area contributed by atoms with Crippen LogP contribution in [0.2, 0.25) is 0 Å². The zero-order chi connectivity index (χ0) is 0. The molecule has 0 aliphatic carbocycles. The molecule has 0 unspecified atom stereocenters. The Balaban J connectivity index is 0. The summed E-state index contributed by atoms with van der Waals surface area (Å²) in [5.41, 5.74) is 0. The van der Waals surface area contributed by atoms with Gasteiger partial charge in [0, 0.05) is 132 Å². The molecule has 0 fully saturated rings. The third-order valence-corrected chi connectivity index (χ3v) is 0. The Labute approximate surface area is 128 Å². The summed E-state index contributed by atoms with van der Waals surface area (Å²) in [6, 6.07) is 0. The normalized spacial score (nSPS) is 0. The molecular formula is Ca3V. The van der Waals surface area contributed by atoms with Crippen molar-refractivity contribution in [1.29, 1.82) is 0 Å². The molecule has 4 heavy (non-hydrogen) atoms. The van der Waals surface area contributed by atoms with Crippen molar-refractivity contribution in [2.45, 2.75) is 0 Å². The molecule has 11 valence electrons. The van der Waals surface area contributed by atoms with E-state index in [1.165, 1.54) is 0 Å². The summed E-state index contributed by atoms with van der Waals surface area (Å²) in [5, 5.41) is 0. The van der Waals surface area contributed by atoms with E-state index < -0.39 is 0 Å². The van der Waals surface area contributed by atoms with Crippen LogP contribution in [0.5, 0.6) is 0 Å². The van der Waals surface area contributed by atoms with Gasteiger partial charge in [-0.1, -0.05) is 0 Å². The summed E-state index contributed by atoms with van der Waals surface area (Å²) in [6.45, 7) is 0. The Morgan fingerprint density at radius 1 is 0.500 bits per heavy atom. The van der Waals surface area contributed by atoms with Crippen LogP contribution in [0.15, 0.2) is 0 Å². The molecule has 0 saturated carbocycles. The monoisotopic (exact) mass is 171 g/mol. The summed E-state index contributed by atoms with van der Waals surface area (Å²) < 4.78 is 0. The van der Waals surface area contributed by atoms with Crippen molar-refractivity contribution >= 4 is 113 Å². The summed E-state index contributed by atoms with van der Waals surface area (Å²) in [6.07, 6.45) is 0. The van der Waals surface area contributed by atoms with Gasteiger partial charge in [0.1, 0.15) is 0 Å². The molecule has 0 aromatic heterocycles. The molecule has 4 heteroatoms. The molecule has 0 heterocycles. The van der Waals surface area contributed by atoms with E-state index in [-0.39, 0.29) is 132 Å². The Hall–Kier alpha value is 4.36. The number of rotatable bonds is 0. The molecule has 0 saturated heterocycles. The largest absolute Gasteiger partial charge is 0 e. The minimum atomic E-state index is 0. The Morgan fingerprint density at radius 2 is 0.500 bits per heavy atom. The fourth-order valence-corrected chi connectivity index (χ4v) is 0. The molecule has 0 rings (SSSR count). The van der Waals surface area contributed by atoms with Crippen molar-refractivity contribution in [3.05, 3.63) is 0 Å². The molecule has 0 N–H and O–H groups in total. The average Bonchev–Trinajstić information content (AvgIpc) is 0. The number of hydrogen-bond acceptors (Lipinski definition) is 0. The van der Waals surface area contributed by atoms with Gasteiger partial charge in [0.2, 0.25) is 0 Å². The topological polar surface area (TPSA) is 0 Å². The first-order valence-electron chi connectivity index (χ1n) is 0. The predicted molar refractivity (Wildman–Crippen MR) is 17.3 cm³/mol. The van der Waals surface area contributed by atoms with Crippen LogP contribution in [0.3, 0.4) is 0 Å². The molecule has 0 aliphatic heterocycles. The first-order chi connectivity index (χ1) is 0. The van der Waals surface area contributed by atoms with E-state index in [0.717, 1.165) is 0 Å². The molecule has 0 aromatic carbocycles. The van der Waals surface area contributed by atoms with E-state index in [9.17, 15) is 0 Å². The van der Waals surface area contributed by atoms with Crippen molar-refractivity contribution in [3.63, 3.8) is 0 Å². The van der Waals surface area contributed by atoms with Crippen LogP contribution in [0.25, 0.3) is 0 Å². The first kappa shape index (κ1) is 23.8. The fourth-order valence-electron chi connectivity index (χ4n) is 0. The zero-order valence-electron chi connectivity index (χ0n) is 2.57. The van der Waals surface area contributed by atoms with Crippen LogP contribution in [0.4, 0.5) is 0 Å². The van der Waals surface area contributed by atoms with Gasteiger partial charge in [0.15, 0.2) is 0 Å². The molecule has 0 bridgehead atoms. The molecule has 0 nitrogen and oxygen atoms in total. The van der Waals surface area contributed by atoms with Crippen LogP contribution in [0, 0.1) is 0 Å².